The molecule has 1 heterocycles. The van der Waals surface area contributed by atoms with E-state index in [2.05, 4.69) is 17.0 Å². The largest absolute Gasteiger partial charge is 0.383 e. The molecule has 1 rings (SSSR count). The lowest BCUT2D eigenvalue weighted by molar-refractivity contribution is 0.0962. The van der Waals surface area contributed by atoms with Crippen LogP contribution in [0.15, 0.2) is 12.4 Å². The van der Waals surface area contributed by atoms with Crippen molar-refractivity contribution in [3.8, 4) is 0 Å². The zero-order valence-corrected chi connectivity index (χ0v) is 11.1. The lowest BCUT2D eigenvalue weighted by atomic mass is 10.1. The van der Waals surface area contributed by atoms with Gasteiger partial charge in [-0.1, -0.05) is 0 Å². The van der Waals surface area contributed by atoms with E-state index in [-0.39, 0.29) is 0 Å². The Kier molecular flexibility index (Phi) is 6.18. The summed E-state index contributed by atoms with van der Waals surface area (Å²) in [7, 11) is 5.80. The van der Waals surface area contributed by atoms with Crippen molar-refractivity contribution in [2.24, 2.45) is 12.8 Å². The minimum absolute atomic E-state index is 0.420. The highest BCUT2D eigenvalue weighted by molar-refractivity contribution is 5.03. The standard InChI is InChI=1S/C12H24N4O/c1-15(8-11-7-14-16(2)9-11)12(10-17-3)5-4-6-13/h7,9,12H,4-6,8,10,13H2,1-3H3. The molecule has 0 aliphatic carbocycles. The highest BCUT2D eigenvalue weighted by atomic mass is 16.5. The van der Waals surface area contributed by atoms with E-state index in [9.17, 15) is 0 Å². The number of hydrogen-bond acceptors (Lipinski definition) is 4. The van der Waals surface area contributed by atoms with Crippen LogP contribution in [-0.2, 0) is 18.3 Å². The highest BCUT2D eigenvalue weighted by Crippen LogP contribution is 2.10. The van der Waals surface area contributed by atoms with Crippen molar-refractivity contribution in [1.82, 2.24) is 14.7 Å². The molecule has 17 heavy (non-hydrogen) atoms. The number of aromatic nitrogens is 2. The molecule has 1 atom stereocenters. The molecule has 0 aliphatic heterocycles. The molecular weight excluding hydrogens is 216 g/mol. The van der Waals surface area contributed by atoms with E-state index in [1.807, 2.05) is 24.1 Å². The quantitative estimate of drug-likeness (QED) is 0.723. The molecule has 0 bridgehead atoms. The topological polar surface area (TPSA) is 56.3 Å². The smallest absolute Gasteiger partial charge is 0.0618 e. The van der Waals surface area contributed by atoms with Gasteiger partial charge < -0.3 is 10.5 Å². The lowest BCUT2D eigenvalue weighted by Crippen LogP contribution is -2.35. The number of likely N-dealkylation sites (N-methyl/N-ethyl adjacent to an activating group) is 1. The molecule has 2 N–H and O–H groups in total. The van der Waals surface area contributed by atoms with Gasteiger partial charge in [-0.3, -0.25) is 9.58 Å². The third kappa shape index (κ3) is 4.85. The van der Waals surface area contributed by atoms with Crippen molar-refractivity contribution in [1.29, 1.82) is 0 Å². The summed E-state index contributed by atoms with van der Waals surface area (Å²) >= 11 is 0. The molecule has 0 fully saturated rings. The van der Waals surface area contributed by atoms with Crippen molar-refractivity contribution in [2.45, 2.75) is 25.4 Å². The van der Waals surface area contributed by atoms with Gasteiger partial charge in [-0.05, 0) is 26.4 Å². The average Bonchev–Trinajstić information content (AvgIpc) is 2.70. The molecule has 0 saturated heterocycles. The Morgan fingerprint density at radius 3 is 2.88 bits per heavy atom. The summed E-state index contributed by atoms with van der Waals surface area (Å²) in [4.78, 5) is 2.30. The highest BCUT2D eigenvalue weighted by Gasteiger charge is 2.14. The first kappa shape index (κ1) is 14.2. The SMILES string of the molecule is COCC(CCCN)N(C)Cc1cnn(C)c1. The fourth-order valence-corrected chi connectivity index (χ4v) is 1.95. The van der Waals surface area contributed by atoms with Crippen molar-refractivity contribution >= 4 is 0 Å². The molecule has 0 radical (unpaired) electrons. The molecule has 0 spiro atoms. The molecule has 0 saturated carbocycles. The number of nitrogens with two attached hydrogens (primary N) is 1. The van der Waals surface area contributed by atoms with E-state index < -0.39 is 0 Å². The van der Waals surface area contributed by atoms with Crippen LogP contribution in [0, 0.1) is 0 Å². The second-order valence-electron chi connectivity index (χ2n) is 4.48. The minimum atomic E-state index is 0.420. The third-order valence-corrected chi connectivity index (χ3v) is 2.91. The zero-order valence-electron chi connectivity index (χ0n) is 11.1. The number of aryl methyl sites for hydroxylation is 1. The molecule has 1 unspecified atom stereocenters. The fraction of sp³-hybridized carbons (Fsp3) is 0.750. The van der Waals surface area contributed by atoms with Gasteiger partial charge in [0, 0.05) is 38.5 Å². The Balaban J connectivity index is 2.48. The monoisotopic (exact) mass is 240 g/mol. The lowest BCUT2D eigenvalue weighted by Gasteiger charge is -2.27. The molecule has 1 aromatic heterocycles. The summed E-state index contributed by atoms with van der Waals surface area (Å²) in [5, 5.41) is 4.18. The van der Waals surface area contributed by atoms with Gasteiger partial charge in [-0.2, -0.15) is 5.10 Å². The van der Waals surface area contributed by atoms with E-state index >= 15 is 0 Å². The van der Waals surface area contributed by atoms with Crippen molar-refractivity contribution in [3.05, 3.63) is 18.0 Å². The second kappa shape index (κ2) is 7.42. The zero-order chi connectivity index (χ0) is 12.7. The summed E-state index contributed by atoms with van der Waals surface area (Å²) in [6.45, 7) is 2.38. The Bertz CT molecular complexity index is 313. The summed E-state index contributed by atoms with van der Waals surface area (Å²) in [5.41, 5.74) is 6.78. The Labute approximate surface area is 104 Å². The van der Waals surface area contributed by atoms with Crippen LogP contribution in [0.4, 0.5) is 0 Å². The van der Waals surface area contributed by atoms with Crippen LogP contribution >= 0.6 is 0 Å². The molecule has 0 aliphatic rings. The molecule has 0 aromatic carbocycles. The Morgan fingerprint density at radius 2 is 2.35 bits per heavy atom. The van der Waals surface area contributed by atoms with Gasteiger partial charge in [-0.25, -0.2) is 0 Å². The van der Waals surface area contributed by atoms with Gasteiger partial charge in [0.05, 0.1) is 12.8 Å². The minimum Gasteiger partial charge on any atom is -0.383 e. The third-order valence-electron chi connectivity index (χ3n) is 2.91. The van der Waals surface area contributed by atoms with Crippen molar-refractivity contribution < 1.29 is 4.74 Å². The van der Waals surface area contributed by atoms with E-state index in [1.54, 1.807) is 7.11 Å². The van der Waals surface area contributed by atoms with Crippen LogP contribution in [-0.4, -0.2) is 48.0 Å². The van der Waals surface area contributed by atoms with Crippen LogP contribution in [0.5, 0.6) is 0 Å². The second-order valence-corrected chi connectivity index (χ2v) is 4.48. The summed E-state index contributed by atoms with van der Waals surface area (Å²) in [5.74, 6) is 0. The van der Waals surface area contributed by atoms with Gasteiger partial charge in [-0.15, -0.1) is 0 Å². The maximum absolute atomic E-state index is 5.56. The summed E-state index contributed by atoms with van der Waals surface area (Å²) in [6.07, 6.45) is 6.05. The number of ether oxygens (including phenoxy) is 1. The van der Waals surface area contributed by atoms with Crippen molar-refractivity contribution in [2.75, 3.05) is 27.3 Å². The summed E-state index contributed by atoms with van der Waals surface area (Å²) in [6, 6.07) is 0.420. The predicted octanol–water partition coefficient (Wildman–Crippen LogP) is 0.606. The first-order chi connectivity index (χ1) is 8.17. The van der Waals surface area contributed by atoms with E-state index in [0.29, 0.717) is 6.04 Å². The van der Waals surface area contributed by atoms with Gasteiger partial charge in [0.1, 0.15) is 0 Å². The first-order valence-electron chi connectivity index (χ1n) is 6.04. The molecule has 0 amide bonds. The van der Waals surface area contributed by atoms with E-state index in [1.165, 1.54) is 5.56 Å². The number of rotatable bonds is 8. The van der Waals surface area contributed by atoms with Crippen LogP contribution in [0.3, 0.4) is 0 Å². The van der Waals surface area contributed by atoms with E-state index in [4.69, 9.17) is 10.5 Å². The van der Waals surface area contributed by atoms with Gasteiger partial charge in [0.2, 0.25) is 0 Å². The molecule has 5 nitrogen and oxygen atoms in total. The summed E-state index contributed by atoms with van der Waals surface area (Å²) < 4.78 is 7.09. The van der Waals surface area contributed by atoms with Crippen LogP contribution in [0.25, 0.3) is 0 Å². The van der Waals surface area contributed by atoms with Gasteiger partial charge in [0.15, 0.2) is 0 Å². The van der Waals surface area contributed by atoms with Crippen LogP contribution < -0.4 is 5.73 Å². The normalized spacial score (nSPS) is 13.2. The molecule has 98 valence electrons. The van der Waals surface area contributed by atoms with E-state index in [0.717, 1.165) is 32.5 Å². The maximum Gasteiger partial charge on any atom is 0.0618 e. The van der Waals surface area contributed by atoms with Gasteiger partial charge in [0.25, 0.3) is 0 Å². The van der Waals surface area contributed by atoms with Crippen LogP contribution in [0.1, 0.15) is 18.4 Å². The average molecular weight is 240 g/mol. The Hall–Kier alpha value is -0.910. The first-order valence-corrected chi connectivity index (χ1v) is 6.04. The number of methoxy groups -OCH3 is 1. The fourth-order valence-electron chi connectivity index (χ4n) is 1.95. The van der Waals surface area contributed by atoms with Crippen LogP contribution in [0.2, 0.25) is 0 Å². The molecule has 5 heteroatoms. The number of nitrogens with zero attached hydrogens (tertiary/aromatic N) is 3. The van der Waals surface area contributed by atoms with Gasteiger partial charge >= 0.3 is 0 Å². The molecule has 1 aromatic rings. The van der Waals surface area contributed by atoms with Crippen molar-refractivity contribution in [3.63, 3.8) is 0 Å². The molecular formula is C12H24N4O. The maximum atomic E-state index is 5.56. The number of hydrogen-bond donors (Lipinski definition) is 1. The predicted molar refractivity (Wildman–Crippen MR) is 68.6 cm³/mol. The Morgan fingerprint density at radius 1 is 1.59 bits per heavy atom.